The van der Waals surface area contributed by atoms with E-state index in [1.807, 2.05) is 4.90 Å². The van der Waals surface area contributed by atoms with Gasteiger partial charge in [-0.05, 0) is 56.6 Å². The molecule has 1 saturated carbocycles. The van der Waals surface area contributed by atoms with E-state index in [0.29, 0.717) is 48.2 Å². The van der Waals surface area contributed by atoms with Gasteiger partial charge in [0.2, 0.25) is 5.91 Å². The minimum atomic E-state index is -0.435. The Morgan fingerprint density at radius 1 is 1.26 bits per heavy atom. The number of pyridine rings is 1. The number of carbonyl (C=O) groups is 2. The van der Waals surface area contributed by atoms with Crippen LogP contribution >= 0.6 is 22.9 Å². The van der Waals surface area contributed by atoms with Gasteiger partial charge in [-0.15, -0.1) is 11.3 Å². The number of ether oxygens (including phenoxy) is 1. The monoisotopic (exact) mass is 551 g/mol. The van der Waals surface area contributed by atoms with Gasteiger partial charge in [0.15, 0.2) is 5.78 Å². The molecular formula is C27H26ClN5O4S. The number of nitrogens with zero attached hydrogens (tertiary/aromatic N) is 4. The van der Waals surface area contributed by atoms with Crippen molar-refractivity contribution in [1.29, 1.82) is 0 Å². The summed E-state index contributed by atoms with van der Waals surface area (Å²) < 4.78 is 7.32. The Kier molecular flexibility index (Phi) is 4.92. The number of aryl methyl sites for hydroxylation is 1. The van der Waals surface area contributed by atoms with Crippen LogP contribution in [0.4, 0.5) is 11.5 Å². The van der Waals surface area contributed by atoms with Gasteiger partial charge in [-0.25, -0.2) is 9.97 Å². The van der Waals surface area contributed by atoms with Gasteiger partial charge in [0.05, 0.1) is 34.7 Å². The number of anilines is 2. The van der Waals surface area contributed by atoms with Gasteiger partial charge in [0.25, 0.3) is 5.56 Å². The number of morpholine rings is 1. The molecule has 2 bridgehead atoms. The number of likely N-dealkylation sites (tertiary alicyclic amines) is 1. The minimum absolute atomic E-state index is 0.0318. The number of rotatable bonds is 3. The molecule has 2 aliphatic carbocycles. The van der Waals surface area contributed by atoms with Gasteiger partial charge in [0.1, 0.15) is 28.4 Å². The van der Waals surface area contributed by atoms with Crippen molar-refractivity contribution in [2.45, 2.75) is 69.1 Å². The number of amides is 1. The van der Waals surface area contributed by atoms with Crippen LogP contribution in [0, 0.1) is 5.92 Å². The second-order valence-electron chi connectivity index (χ2n) is 11.4. The summed E-state index contributed by atoms with van der Waals surface area (Å²) >= 11 is 8.16. The number of hydrogen-bond donors (Lipinski definition) is 1. The van der Waals surface area contributed by atoms with Crippen LogP contribution in [0.2, 0.25) is 5.02 Å². The maximum atomic E-state index is 13.6. The molecule has 38 heavy (non-hydrogen) atoms. The van der Waals surface area contributed by atoms with Gasteiger partial charge in [-0.2, -0.15) is 0 Å². The van der Waals surface area contributed by atoms with Crippen molar-refractivity contribution in [3.8, 4) is 0 Å². The summed E-state index contributed by atoms with van der Waals surface area (Å²) in [5.74, 6) is 0.712. The lowest BCUT2D eigenvalue weighted by atomic mass is 9.75. The van der Waals surface area contributed by atoms with Gasteiger partial charge in [0, 0.05) is 23.8 Å². The number of thiophene rings is 1. The predicted molar refractivity (Wildman–Crippen MR) is 143 cm³/mol. The topological polar surface area (TPSA) is 106 Å². The lowest BCUT2D eigenvalue weighted by molar-refractivity contribution is -0.140. The summed E-state index contributed by atoms with van der Waals surface area (Å²) in [5, 5.41) is 4.45. The maximum Gasteiger partial charge on any atom is 0.275 e. The van der Waals surface area contributed by atoms with Crippen molar-refractivity contribution in [2.24, 2.45) is 5.92 Å². The van der Waals surface area contributed by atoms with E-state index in [1.165, 1.54) is 6.33 Å². The summed E-state index contributed by atoms with van der Waals surface area (Å²) in [6.45, 7) is 1.37. The zero-order chi connectivity index (χ0) is 25.8. The first-order valence-electron chi connectivity index (χ1n) is 13.4. The fourth-order valence-corrected chi connectivity index (χ4v) is 8.85. The van der Waals surface area contributed by atoms with Crippen LogP contribution in [0.5, 0.6) is 0 Å². The Morgan fingerprint density at radius 3 is 2.87 bits per heavy atom. The second kappa shape index (κ2) is 8.09. The number of Topliss-reactive ketones (excluding diaryl/α,β-unsaturated/α-hetero) is 1. The molecule has 196 valence electrons. The molecule has 1 spiro atoms. The fraction of sp³-hybridized carbons (Fsp3) is 0.519. The first kappa shape index (κ1) is 23.1. The highest BCUT2D eigenvalue weighted by Crippen LogP contribution is 2.48. The highest BCUT2D eigenvalue weighted by molar-refractivity contribution is 7.19. The zero-order valence-corrected chi connectivity index (χ0v) is 22.2. The molecule has 0 radical (unpaired) electrons. The zero-order valence-electron chi connectivity index (χ0n) is 20.7. The third-order valence-corrected chi connectivity index (χ3v) is 10.7. The van der Waals surface area contributed by atoms with Gasteiger partial charge >= 0.3 is 0 Å². The highest BCUT2D eigenvalue weighted by atomic mass is 35.5. The van der Waals surface area contributed by atoms with E-state index in [2.05, 4.69) is 15.3 Å². The number of halogens is 1. The van der Waals surface area contributed by atoms with Crippen molar-refractivity contribution in [3.63, 3.8) is 0 Å². The van der Waals surface area contributed by atoms with Crippen LogP contribution in [0.25, 0.3) is 10.2 Å². The Hall–Kier alpha value is -2.82. The Bertz CT molecular complexity index is 1610. The summed E-state index contributed by atoms with van der Waals surface area (Å²) in [6, 6.07) is 1.78. The van der Waals surface area contributed by atoms with E-state index in [-0.39, 0.29) is 35.3 Å². The van der Waals surface area contributed by atoms with Gasteiger partial charge in [-0.1, -0.05) is 11.6 Å². The Balaban J connectivity index is 1.13. The van der Waals surface area contributed by atoms with Crippen molar-refractivity contribution in [3.05, 3.63) is 43.9 Å². The normalized spacial score (nSPS) is 26.6. The number of aromatic nitrogens is 3. The van der Waals surface area contributed by atoms with Gasteiger partial charge in [-0.3, -0.25) is 19.0 Å². The third-order valence-electron chi connectivity index (χ3n) is 9.30. The average Bonchev–Trinajstić information content (AvgIpc) is 3.66. The number of hydrogen-bond acceptors (Lipinski definition) is 8. The van der Waals surface area contributed by atoms with E-state index in [9.17, 15) is 14.4 Å². The standard InChI is InChI=1S/C27H26ClN5O4S/c28-17-8-18(26(36)33-22(17)19(34)9-27(33)4-1-5-27)31-23-21-16-3-2-13(6-20(16)38-24(21)30-12-29-23)25(35)32-10-15-7-14(32)11-37-15/h8,12-15H,1-7,9-11H2,(H,29,30,31)/t13-,14+,15+/m0/s1. The molecule has 9 nitrogen and oxygen atoms in total. The number of fused-ring (bicyclic) bond motifs is 7. The summed E-state index contributed by atoms with van der Waals surface area (Å²) in [6.07, 6.45) is 7.85. The van der Waals surface area contributed by atoms with Crippen LogP contribution in [-0.4, -0.2) is 56.4 Å². The minimum Gasteiger partial charge on any atom is -0.374 e. The van der Waals surface area contributed by atoms with Gasteiger partial charge < -0.3 is 15.0 Å². The number of carbonyl (C=O) groups excluding carboxylic acids is 2. The molecule has 5 aliphatic rings. The van der Waals surface area contributed by atoms with Crippen molar-refractivity contribution >= 4 is 56.4 Å². The molecule has 1 amide bonds. The average molecular weight is 552 g/mol. The van der Waals surface area contributed by atoms with Crippen LogP contribution < -0.4 is 10.9 Å². The van der Waals surface area contributed by atoms with Crippen molar-refractivity contribution in [1.82, 2.24) is 19.4 Å². The third kappa shape index (κ3) is 3.17. The molecule has 3 aromatic rings. The first-order chi connectivity index (χ1) is 18.4. The summed E-state index contributed by atoms with van der Waals surface area (Å²) in [4.78, 5) is 52.8. The van der Waals surface area contributed by atoms with Crippen LogP contribution in [0.15, 0.2) is 17.2 Å². The fourth-order valence-electron chi connectivity index (χ4n) is 7.28. The molecule has 0 unspecified atom stereocenters. The molecule has 2 saturated heterocycles. The maximum absolute atomic E-state index is 13.6. The first-order valence-corrected chi connectivity index (χ1v) is 14.5. The Labute approximate surface area is 227 Å². The molecule has 3 atom stereocenters. The van der Waals surface area contributed by atoms with Crippen LogP contribution in [-0.2, 0) is 27.9 Å². The largest absolute Gasteiger partial charge is 0.374 e. The molecular weight excluding hydrogens is 526 g/mol. The summed E-state index contributed by atoms with van der Waals surface area (Å²) in [5.41, 5.74) is 1.13. The quantitative estimate of drug-likeness (QED) is 0.527. The molecule has 3 fully saturated rings. The molecule has 3 aliphatic heterocycles. The van der Waals surface area contributed by atoms with E-state index < -0.39 is 5.54 Å². The predicted octanol–water partition coefficient (Wildman–Crippen LogP) is 3.82. The molecule has 1 N–H and O–H groups in total. The number of ketones is 1. The summed E-state index contributed by atoms with van der Waals surface area (Å²) in [7, 11) is 0. The van der Waals surface area contributed by atoms with E-state index in [1.54, 1.807) is 22.0 Å². The van der Waals surface area contributed by atoms with Crippen molar-refractivity contribution in [2.75, 3.05) is 18.5 Å². The number of nitrogens with one attached hydrogen (secondary N) is 1. The Morgan fingerprint density at radius 2 is 2.13 bits per heavy atom. The van der Waals surface area contributed by atoms with Crippen molar-refractivity contribution < 1.29 is 14.3 Å². The van der Waals surface area contributed by atoms with Crippen LogP contribution in [0.1, 0.15) is 59.5 Å². The van der Waals surface area contributed by atoms with E-state index >= 15 is 0 Å². The molecule has 6 heterocycles. The molecule has 0 aromatic carbocycles. The second-order valence-corrected chi connectivity index (χ2v) is 12.9. The molecule has 8 rings (SSSR count). The molecule has 11 heteroatoms. The smallest absolute Gasteiger partial charge is 0.275 e. The lowest BCUT2D eigenvalue weighted by Crippen LogP contribution is -2.45. The highest BCUT2D eigenvalue weighted by Gasteiger charge is 2.49. The molecule has 3 aromatic heterocycles. The van der Waals surface area contributed by atoms with E-state index in [0.717, 1.165) is 59.2 Å². The lowest BCUT2D eigenvalue weighted by Gasteiger charge is -2.39. The van der Waals surface area contributed by atoms with Crippen LogP contribution in [0.3, 0.4) is 0 Å². The SMILES string of the molecule is O=C1CC2(CCC2)n2c1c(Cl)cc(Nc1ncnc3sc4c(c13)CC[C@H](C(=O)N1C[C@H]3C[C@@H]1CO3)C4)c2=O. The van der Waals surface area contributed by atoms with E-state index in [4.69, 9.17) is 16.3 Å².